The van der Waals surface area contributed by atoms with Crippen LogP contribution in [0.3, 0.4) is 0 Å². The lowest BCUT2D eigenvalue weighted by molar-refractivity contribution is -0.0268. The van der Waals surface area contributed by atoms with E-state index >= 15 is 0 Å². The van der Waals surface area contributed by atoms with Gasteiger partial charge < -0.3 is 19.1 Å². The molecule has 3 aromatic rings. The summed E-state index contributed by atoms with van der Waals surface area (Å²) in [6.07, 6.45) is 4.25. The Morgan fingerprint density at radius 3 is 2.65 bits per heavy atom. The summed E-state index contributed by atoms with van der Waals surface area (Å²) in [5, 5.41) is 0. The number of hydrogen-bond donors (Lipinski definition) is 0. The second kappa shape index (κ2) is 8.20. The fourth-order valence-corrected chi connectivity index (χ4v) is 5.04. The number of anilines is 1. The summed E-state index contributed by atoms with van der Waals surface area (Å²) < 4.78 is 22.8. The Bertz CT molecular complexity index is 1060. The Hall–Kier alpha value is -2.51. The Balaban J connectivity index is 1.52. The van der Waals surface area contributed by atoms with Gasteiger partial charge in [-0.05, 0) is 58.0 Å². The van der Waals surface area contributed by atoms with Gasteiger partial charge in [0, 0.05) is 36.9 Å². The number of benzene rings is 1. The summed E-state index contributed by atoms with van der Waals surface area (Å²) in [5.74, 6) is 1.47. The van der Waals surface area contributed by atoms with Gasteiger partial charge in [0.1, 0.15) is 23.0 Å². The third-order valence-corrected chi connectivity index (χ3v) is 6.67. The molecular weight excluding hydrogens is 393 g/mol. The van der Waals surface area contributed by atoms with Crippen molar-refractivity contribution >= 4 is 16.9 Å². The molecule has 0 N–H and O–H groups in total. The van der Waals surface area contributed by atoms with Gasteiger partial charge in [-0.15, -0.1) is 0 Å². The van der Waals surface area contributed by atoms with Crippen LogP contribution in [0.5, 0.6) is 0 Å². The van der Waals surface area contributed by atoms with Crippen LogP contribution in [0.25, 0.3) is 22.4 Å². The van der Waals surface area contributed by atoms with Gasteiger partial charge in [-0.25, -0.2) is 14.4 Å². The van der Waals surface area contributed by atoms with E-state index in [-0.39, 0.29) is 11.9 Å². The highest BCUT2D eigenvalue weighted by atomic mass is 19.1. The normalized spacial score (nSPS) is 24.9. The smallest absolute Gasteiger partial charge is 0.149 e. The van der Waals surface area contributed by atoms with Crippen molar-refractivity contribution in [3.05, 3.63) is 42.3 Å². The van der Waals surface area contributed by atoms with E-state index < -0.39 is 0 Å². The maximum absolute atomic E-state index is 14.8. The van der Waals surface area contributed by atoms with Gasteiger partial charge in [0.05, 0.1) is 24.8 Å². The first kappa shape index (κ1) is 20.4. The number of rotatable bonds is 4. The number of nitrogens with zero attached hydrogens (tertiary/aromatic N) is 5. The van der Waals surface area contributed by atoms with E-state index in [9.17, 15) is 4.39 Å². The molecule has 6 nitrogen and oxygen atoms in total. The molecule has 0 spiro atoms. The number of fused-ring (bicyclic) bond motifs is 1. The standard InChI is InChI=1S/C24H30FN5O/c1-16-7-8-17(2)30(16)22-10-9-18(13-26-22)24-27-21-6-4-5-20(25)23(21)29(24)15-19-14-28(3)11-12-31-19/h4-6,9-10,13,16-17,19H,7-8,11-12,14-15H2,1-3H3/t16-,17-,19-/m0/s1. The zero-order chi connectivity index (χ0) is 21.5. The van der Waals surface area contributed by atoms with Crippen LogP contribution in [0, 0.1) is 5.82 Å². The van der Waals surface area contributed by atoms with E-state index in [2.05, 4.69) is 42.8 Å². The van der Waals surface area contributed by atoms with E-state index in [1.165, 1.54) is 18.9 Å². The molecule has 2 fully saturated rings. The zero-order valence-electron chi connectivity index (χ0n) is 18.5. The molecular formula is C24H30FN5O. The lowest BCUT2D eigenvalue weighted by Crippen LogP contribution is -2.42. The average molecular weight is 424 g/mol. The molecule has 3 atom stereocenters. The molecule has 7 heteroatoms. The lowest BCUT2D eigenvalue weighted by Gasteiger charge is -2.30. The minimum Gasteiger partial charge on any atom is -0.374 e. The van der Waals surface area contributed by atoms with Crippen LogP contribution in [0.1, 0.15) is 26.7 Å². The van der Waals surface area contributed by atoms with Gasteiger partial charge >= 0.3 is 0 Å². The molecule has 31 heavy (non-hydrogen) atoms. The van der Waals surface area contributed by atoms with E-state index in [1.54, 1.807) is 6.07 Å². The van der Waals surface area contributed by atoms with E-state index in [1.807, 2.05) is 16.8 Å². The van der Waals surface area contributed by atoms with Crippen LogP contribution in [-0.2, 0) is 11.3 Å². The van der Waals surface area contributed by atoms with Crippen LogP contribution in [0.2, 0.25) is 0 Å². The van der Waals surface area contributed by atoms with Crippen LogP contribution < -0.4 is 4.90 Å². The van der Waals surface area contributed by atoms with Crippen molar-refractivity contribution in [2.45, 2.75) is 51.4 Å². The van der Waals surface area contributed by atoms with E-state index in [4.69, 9.17) is 14.7 Å². The summed E-state index contributed by atoms with van der Waals surface area (Å²) in [7, 11) is 2.09. The third-order valence-electron chi connectivity index (χ3n) is 6.67. The fraction of sp³-hybridized carbons (Fsp3) is 0.500. The molecule has 164 valence electrons. The number of imidazole rings is 1. The first-order valence-corrected chi connectivity index (χ1v) is 11.2. The summed E-state index contributed by atoms with van der Waals surface area (Å²) in [5.41, 5.74) is 2.08. The number of aromatic nitrogens is 3. The minimum atomic E-state index is -0.260. The van der Waals surface area contributed by atoms with E-state index in [0.717, 1.165) is 30.3 Å². The number of likely N-dealkylation sites (N-methyl/N-ethyl adjacent to an activating group) is 1. The largest absolute Gasteiger partial charge is 0.374 e. The van der Waals surface area contributed by atoms with Gasteiger partial charge in [0.15, 0.2) is 0 Å². The average Bonchev–Trinajstić information content (AvgIpc) is 3.29. The van der Waals surface area contributed by atoms with Crippen LogP contribution in [0.15, 0.2) is 36.5 Å². The summed E-state index contributed by atoms with van der Waals surface area (Å²) in [6.45, 7) is 7.48. The van der Waals surface area contributed by atoms with Crippen molar-refractivity contribution in [3.8, 4) is 11.4 Å². The molecule has 0 unspecified atom stereocenters. The molecule has 4 heterocycles. The molecule has 5 rings (SSSR count). The Kier molecular flexibility index (Phi) is 5.40. The van der Waals surface area contributed by atoms with Crippen LogP contribution >= 0.6 is 0 Å². The molecule has 2 aliphatic heterocycles. The molecule has 0 aliphatic carbocycles. The Morgan fingerprint density at radius 1 is 1.13 bits per heavy atom. The maximum Gasteiger partial charge on any atom is 0.149 e. The topological polar surface area (TPSA) is 46.4 Å². The van der Waals surface area contributed by atoms with Gasteiger partial charge in [-0.2, -0.15) is 0 Å². The second-order valence-electron chi connectivity index (χ2n) is 9.00. The van der Waals surface area contributed by atoms with Crippen molar-refractivity contribution in [2.24, 2.45) is 0 Å². The number of para-hydroxylation sites is 1. The monoisotopic (exact) mass is 423 g/mol. The number of pyridine rings is 1. The minimum absolute atomic E-state index is 0.00645. The molecule has 1 aromatic carbocycles. The SMILES string of the molecule is C[C@H]1CC[C@H](C)N1c1ccc(-c2nc3cccc(F)c3n2C[C@@H]2CN(C)CCO2)cn1. The van der Waals surface area contributed by atoms with E-state index in [0.29, 0.717) is 36.3 Å². The number of hydrogen-bond acceptors (Lipinski definition) is 5. The molecule has 0 saturated carbocycles. The molecule has 0 amide bonds. The molecule has 2 aromatic heterocycles. The van der Waals surface area contributed by atoms with Gasteiger partial charge in [-0.1, -0.05) is 6.07 Å². The highest BCUT2D eigenvalue weighted by Gasteiger charge is 2.28. The number of halogens is 1. The van der Waals surface area contributed by atoms with Gasteiger partial charge in [-0.3, -0.25) is 0 Å². The summed E-state index contributed by atoms with van der Waals surface area (Å²) >= 11 is 0. The molecule has 2 saturated heterocycles. The van der Waals surface area contributed by atoms with Crippen LogP contribution in [-0.4, -0.2) is 64.4 Å². The van der Waals surface area contributed by atoms with Crippen molar-refractivity contribution in [1.82, 2.24) is 19.4 Å². The molecule has 2 aliphatic rings. The van der Waals surface area contributed by atoms with Crippen molar-refractivity contribution in [1.29, 1.82) is 0 Å². The second-order valence-corrected chi connectivity index (χ2v) is 9.00. The maximum atomic E-state index is 14.8. The summed E-state index contributed by atoms with van der Waals surface area (Å²) in [4.78, 5) is 14.2. The zero-order valence-corrected chi connectivity index (χ0v) is 18.5. The summed E-state index contributed by atoms with van der Waals surface area (Å²) in [6, 6.07) is 10.2. The third kappa shape index (κ3) is 3.81. The van der Waals surface area contributed by atoms with Gasteiger partial charge in [0.2, 0.25) is 0 Å². The Morgan fingerprint density at radius 2 is 1.94 bits per heavy atom. The fourth-order valence-electron chi connectivity index (χ4n) is 5.04. The van der Waals surface area contributed by atoms with Crippen molar-refractivity contribution in [3.63, 3.8) is 0 Å². The molecule has 0 bridgehead atoms. The predicted molar refractivity (Wildman–Crippen MR) is 121 cm³/mol. The highest BCUT2D eigenvalue weighted by Crippen LogP contribution is 2.31. The lowest BCUT2D eigenvalue weighted by atomic mass is 10.2. The molecule has 0 radical (unpaired) electrons. The highest BCUT2D eigenvalue weighted by molar-refractivity contribution is 5.81. The number of morpholine rings is 1. The first-order chi connectivity index (χ1) is 15.0. The predicted octanol–water partition coefficient (Wildman–Crippen LogP) is 3.95. The van der Waals surface area contributed by atoms with Crippen molar-refractivity contribution in [2.75, 3.05) is 31.6 Å². The first-order valence-electron chi connectivity index (χ1n) is 11.2. The quantitative estimate of drug-likeness (QED) is 0.636. The van der Waals surface area contributed by atoms with Crippen LogP contribution in [0.4, 0.5) is 10.2 Å². The van der Waals surface area contributed by atoms with Crippen molar-refractivity contribution < 1.29 is 9.13 Å². The van der Waals surface area contributed by atoms with Gasteiger partial charge in [0.25, 0.3) is 0 Å². The Labute approximate surface area is 182 Å². The number of ether oxygens (including phenoxy) is 1.